The van der Waals surface area contributed by atoms with Crippen molar-refractivity contribution < 1.29 is 27.3 Å². The van der Waals surface area contributed by atoms with Crippen LogP contribution in [0.1, 0.15) is 63.7 Å². The van der Waals surface area contributed by atoms with E-state index in [-0.39, 0.29) is 35.7 Å². The average Bonchev–Trinajstić information content (AvgIpc) is 3.46. The minimum atomic E-state index is -3.50. The van der Waals surface area contributed by atoms with Crippen LogP contribution < -0.4 is 0 Å². The molecule has 0 aromatic heterocycles. The summed E-state index contributed by atoms with van der Waals surface area (Å²) in [5.41, 5.74) is 2.22. The smallest absolute Gasteiger partial charge is 0.264 e. The van der Waals surface area contributed by atoms with Gasteiger partial charge in [-0.3, -0.25) is 13.8 Å². The first-order valence-electron chi connectivity index (χ1n) is 13.1. The third-order valence-corrected chi connectivity index (χ3v) is 8.20. The average molecular weight is 545 g/mol. The molecule has 4 rings (SSSR count). The Kier molecular flexibility index (Phi) is 10.1. The van der Waals surface area contributed by atoms with E-state index in [0.717, 1.165) is 17.4 Å². The van der Waals surface area contributed by atoms with Crippen LogP contribution in [-0.2, 0) is 23.9 Å². The van der Waals surface area contributed by atoms with Gasteiger partial charge in [-0.2, -0.15) is 8.42 Å². The van der Waals surface area contributed by atoms with Gasteiger partial charge in [0.15, 0.2) is 0 Å². The molecule has 2 fully saturated rings. The molecule has 0 saturated carbocycles. The molecule has 8 nitrogen and oxygen atoms in total. The monoisotopic (exact) mass is 544 g/mol. The summed E-state index contributed by atoms with van der Waals surface area (Å²) < 4.78 is 27.4. The van der Waals surface area contributed by atoms with Gasteiger partial charge in [-0.05, 0) is 38.8 Å². The van der Waals surface area contributed by atoms with E-state index in [4.69, 9.17) is 4.18 Å². The van der Waals surface area contributed by atoms with Crippen molar-refractivity contribution in [1.82, 2.24) is 9.80 Å². The lowest BCUT2D eigenvalue weighted by Gasteiger charge is -2.26. The van der Waals surface area contributed by atoms with Crippen LogP contribution >= 0.6 is 0 Å². The summed E-state index contributed by atoms with van der Waals surface area (Å²) in [6, 6.07) is 19.9. The van der Waals surface area contributed by atoms with Gasteiger partial charge in [0.25, 0.3) is 10.1 Å². The molecule has 0 aliphatic carbocycles. The summed E-state index contributed by atoms with van der Waals surface area (Å²) in [5.74, 6) is 0.166. The molecular weight excluding hydrogens is 504 g/mol. The molecule has 38 heavy (non-hydrogen) atoms. The van der Waals surface area contributed by atoms with Crippen LogP contribution in [0.15, 0.2) is 60.7 Å². The van der Waals surface area contributed by atoms with Crippen LogP contribution in [0, 0.1) is 11.8 Å². The molecule has 2 aromatic carbocycles. The van der Waals surface area contributed by atoms with Crippen LogP contribution in [-0.4, -0.2) is 66.7 Å². The van der Waals surface area contributed by atoms with Crippen molar-refractivity contribution in [1.29, 1.82) is 0 Å². The number of aliphatic hydroxyl groups excluding tert-OH is 1. The van der Waals surface area contributed by atoms with Crippen molar-refractivity contribution in [3.8, 4) is 0 Å². The molecule has 2 heterocycles. The Morgan fingerprint density at radius 1 is 0.763 bits per heavy atom. The summed E-state index contributed by atoms with van der Waals surface area (Å²) >= 11 is 0. The van der Waals surface area contributed by atoms with E-state index in [1.807, 2.05) is 79.4 Å². The third kappa shape index (κ3) is 7.88. The number of nitrogens with zero attached hydrogens (tertiary/aromatic N) is 2. The predicted molar refractivity (Wildman–Crippen MR) is 146 cm³/mol. The predicted octanol–water partition coefficient (Wildman–Crippen LogP) is 3.94. The highest BCUT2D eigenvalue weighted by molar-refractivity contribution is 7.86. The Hall–Kier alpha value is -2.75. The van der Waals surface area contributed by atoms with Crippen molar-refractivity contribution in [2.75, 3.05) is 19.3 Å². The number of carbonyl (C=O) groups excluding carboxylic acids is 2. The Morgan fingerprint density at radius 3 is 1.53 bits per heavy atom. The normalized spacial score (nSPS) is 23.0. The molecule has 2 amide bonds. The molecule has 9 heteroatoms. The van der Waals surface area contributed by atoms with Crippen molar-refractivity contribution in [2.45, 2.75) is 64.8 Å². The van der Waals surface area contributed by atoms with Gasteiger partial charge >= 0.3 is 0 Å². The quantitative estimate of drug-likeness (QED) is 0.505. The van der Waals surface area contributed by atoms with Crippen molar-refractivity contribution in [2.24, 2.45) is 11.8 Å². The number of likely N-dealkylation sites (tertiary alicyclic amines) is 2. The number of hydrogen-bond acceptors (Lipinski definition) is 6. The molecule has 2 saturated heterocycles. The zero-order valence-electron chi connectivity index (χ0n) is 22.9. The highest BCUT2D eigenvalue weighted by Gasteiger charge is 2.37. The van der Waals surface area contributed by atoms with E-state index in [1.54, 1.807) is 18.7 Å². The standard InChI is InChI=1S/C15H21NO4S.C14H19NO2/c1-11(13-7-5-4-6-8-13)16-10-14(9-15(16)17)12(2)20-21(3,18)19;1-10(12-6-4-3-5-7-12)15-9-13(11(2)16)8-14(15)17/h4-8,11-12,14H,9-10H2,1-3H3;3-7,10-11,13,16H,8-9H2,1-2H3/t11-,12+,14-;10-,11+,13-/m11/s1. The van der Waals surface area contributed by atoms with Crippen LogP contribution in [0.25, 0.3) is 0 Å². The van der Waals surface area contributed by atoms with E-state index in [9.17, 15) is 23.1 Å². The molecule has 1 N–H and O–H groups in total. The summed E-state index contributed by atoms with van der Waals surface area (Å²) in [6.45, 7) is 8.66. The van der Waals surface area contributed by atoms with Gasteiger partial charge in [-0.15, -0.1) is 0 Å². The molecule has 6 atom stereocenters. The van der Waals surface area contributed by atoms with Gasteiger partial charge < -0.3 is 14.9 Å². The maximum atomic E-state index is 12.2. The second-order valence-electron chi connectivity index (χ2n) is 10.4. The van der Waals surface area contributed by atoms with Gasteiger partial charge in [-0.25, -0.2) is 0 Å². The maximum absolute atomic E-state index is 12.2. The number of aliphatic hydroxyl groups is 1. The van der Waals surface area contributed by atoms with Crippen molar-refractivity contribution >= 4 is 21.9 Å². The fraction of sp³-hybridized carbons (Fsp3) is 0.517. The van der Waals surface area contributed by atoms with E-state index in [1.165, 1.54) is 0 Å². The number of carbonyl (C=O) groups is 2. The van der Waals surface area contributed by atoms with Gasteiger partial charge in [-0.1, -0.05) is 60.7 Å². The molecule has 0 unspecified atom stereocenters. The molecular formula is C29H40N2O6S. The zero-order chi connectivity index (χ0) is 28.0. The molecule has 2 aromatic rings. The summed E-state index contributed by atoms with van der Waals surface area (Å²) in [4.78, 5) is 27.8. The molecule has 2 aliphatic rings. The molecule has 0 spiro atoms. The second kappa shape index (κ2) is 12.9. The summed E-state index contributed by atoms with van der Waals surface area (Å²) in [7, 11) is -3.50. The van der Waals surface area contributed by atoms with E-state index in [0.29, 0.717) is 25.9 Å². The lowest BCUT2D eigenvalue weighted by molar-refractivity contribution is -0.130. The Bertz CT molecular complexity index is 1170. The number of rotatable bonds is 8. The van der Waals surface area contributed by atoms with Crippen LogP contribution in [0.3, 0.4) is 0 Å². The molecule has 208 valence electrons. The Balaban J connectivity index is 0.000000215. The van der Waals surface area contributed by atoms with E-state index >= 15 is 0 Å². The topological polar surface area (TPSA) is 104 Å². The number of amides is 2. The van der Waals surface area contributed by atoms with Crippen LogP contribution in [0.4, 0.5) is 0 Å². The zero-order valence-corrected chi connectivity index (χ0v) is 23.7. The third-order valence-electron chi connectivity index (χ3n) is 7.55. The minimum Gasteiger partial charge on any atom is -0.393 e. The summed E-state index contributed by atoms with van der Waals surface area (Å²) in [6.07, 6.45) is 0.928. The lowest BCUT2D eigenvalue weighted by Crippen LogP contribution is -2.30. The summed E-state index contributed by atoms with van der Waals surface area (Å²) in [5, 5.41) is 9.56. The fourth-order valence-corrected chi connectivity index (χ4v) is 5.79. The highest BCUT2D eigenvalue weighted by Crippen LogP contribution is 2.31. The first-order chi connectivity index (χ1) is 17.9. The van der Waals surface area contributed by atoms with Gasteiger partial charge in [0.1, 0.15) is 0 Å². The van der Waals surface area contributed by atoms with Crippen molar-refractivity contribution in [3.05, 3.63) is 71.8 Å². The number of benzene rings is 2. The van der Waals surface area contributed by atoms with Gasteiger partial charge in [0, 0.05) is 37.8 Å². The fourth-order valence-electron chi connectivity index (χ4n) is 5.08. The first-order valence-corrected chi connectivity index (χ1v) is 14.9. The first kappa shape index (κ1) is 29.8. The Morgan fingerprint density at radius 2 is 1.16 bits per heavy atom. The molecule has 0 bridgehead atoms. The molecule has 0 radical (unpaired) electrons. The van der Waals surface area contributed by atoms with Gasteiger partial charge in [0.2, 0.25) is 11.8 Å². The largest absolute Gasteiger partial charge is 0.393 e. The molecule has 2 aliphatic heterocycles. The minimum absolute atomic E-state index is 0.0193. The Labute approximate surface area is 226 Å². The maximum Gasteiger partial charge on any atom is 0.264 e. The van der Waals surface area contributed by atoms with Gasteiger partial charge in [0.05, 0.1) is 30.5 Å². The second-order valence-corrected chi connectivity index (χ2v) is 12.0. The van der Waals surface area contributed by atoms with Crippen LogP contribution in [0.2, 0.25) is 0 Å². The van der Waals surface area contributed by atoms with Crippen LogP contribution in [0.5, 0.6) is 0 Å². The lowest BCUT2D eigenvalue weighted by atomic mass is 10.0. The number of hydrogen-bond donors (Lipinski definition) is 1. The van der Waals surface area contributed by atoms with Crippen molar-refractivity contribution in [3.63, 3.8) is 0 Å². The van der Waals surface area contributed by atoms with E-state index in [2.05, 4.69) is 0 Å². The highest BCUT2D eigenvalue weighted by atomic mass is 32.2. The SMILES string of the molecule is C[C@H](O)[C@@H]1CC(=O)N([C@H](C)c2ccccc2)C1.C[C@H](OS(C)(=O)=O)[C@@H]1CC(=O)N([C@H](C)c2ccccc2)C1. The van der Waals surface area contributed by atoms with E-state index < -0.39 is 22.3 Å².